The first-order valence-corrected chi connectivity index (χ1v) is 9.18. The van der Waals surface area contributed by atoms with Crippen LogP contribution in [0.15, 0.2) is 47.4 Å². The Kier molecular flexibility index (Phi) is 5.70. The maximum Gasteiger partial charge on any atom is 0.271 e. The number of thioether (sulfide) groups is 1. The molecule has 1 atom stereocenters. The molecule has 2 aromatic carbocycles. The third-order valence-corrected chi connectivity index (χ3v) is 5.41. The summed E-state index contributed by atoms with van der Waals surface area (Å²) in [5.41, 5.74) is 5.42. The fraction of sp³-hybridized carbons (Fsp3) is 0.118. The summed E-state index contributed by atoms with van der Waals surface area (Å²) in [4.78, 5) is 37.2. The van der Waals surface area contributed by atoms with Gasteiger partial charge >= 0.3 is 0 Å². The van der Waals surface area contributed by atoms with E-state index in [-0.39, 0.29) is 22.9 Å². The summed E-state index contributed by atoms with van der Waals surface area (Å²) >= 11 is 13.1. The highest BCUT2D eigenvalue weighted by molar-refractivity contribution is 8.01. The molecule has 6 nitrogen and oxygen atoms in total. The number of amides is 3. The molecule has 2 aromatic rings. The molecule has 0 radical (unpaired) electrons. The first kappa shape index (κ1) is 18.6. The lowest BCUT2D eigenvalue weighted by molar-refractivity contribution is -0.124. The van der Waals surface area contributed by atoms with Crippen LogP contribution in [0.4, 0.5) is 5.69 Å². The lowest BCUT2D eigenvalue weighted by Gasteiger charge is -2.23. The van der Waals surface area contributed by atoms with Gasteiger partial charge in [0.25, 0.3) is 5.91 Å². The highest BCUT2D eigenvalue weighted by Gasteiger charge is 2.28. The predicted octanol–water partition coefficient (Wildman–Crippen LogP) is 3.26. The summed E-state index contributed by atoms with van der Waals surface area (Å²) in [6, 6.07) is 11.8. The average Bonchev–Trinajstić information content (AvgIpc) is 2.62. The van der Waals surface area contributed by atoms with Crippen LogP contribution in [0.25, 0.3) is 0 Å². The summed E-state index contributed by atoms with van der Waals surface area (Å²) in [6.45, 7) is 0. The SMILES string of the molecule is O=C(C[C@@H]1Sc2ccccc2NC1=O)NNC(=O)c1cc(Cl)ccc1Cl. The monoisotopic (exact) mass is 409 g/mol. The van der Waals surface area contributed by atoms with Gasteiger partial charge in [0, 0.05) is 16.3 Å². The predicted molar refractivity (Wildman–Crippen MR) is 101 cm³/mol. The average molecular weight is 410 g/mol. The van der Waals surface area contributed by atoms with Crippen LogP contribution in [0.2, 0.25) is 10.0 Å². The summed E-state index contributed by atoms with van der Waals surface area (Å²) in [5.74, 6) is -1.35. The van der Waals surface area contributed by atoms with Gasteiger partial charge in [-0.05, 0) is 30.3 Å². The van der Waals surface area contributed by atoms with Gasteiger partial charge in [-0.1, -0.05) is 35.3 Å². The summed E-state index contributed by atoms with van der Waals surface area (Å²) in [6.07, 6.45) is -0.0889. The van der Waals surface area contributed by atoms with Crippen LogP contribution in [-0.4, -0.2) is 23.0 Å². The normalized spacial score (nSPS) is 15.6. The van der Waals surface area contributed by atoms with Crippen LogP contribution in [0.1, 0.15) is 16.8 Å². The van der Waals surface area contributed by atoms with E-state index in [4.69, 9.17) is 23.2 Å². The van der Waals surface area contributed by atoms with Crippen molar-refractivity contribution in [2.45, 2.75) is 16.6 Å². The maximum atomic E-state index is 12.1. The third-order valence-electron chi connectivity index (χ3n) is 3.57. The molecule has 0 aromatic heterocycles. The third kappa shape index (κ3) is 4.30. The van der Waals surface area contributed by atoms with Gasteiger partial charge in [0.1, 0.15) is 0 Å². The van der Waals surface area contributed by atoms with E-state index in [2.05, 4.69) is 16.2 Å². The molecule has 0 bridgehead atoms. The minimum Gasteiger partial charge on any atom is -0.324 e. The first-order chi connectivity index (χ1) is 12.4. The van der Waals surface area contributed by atoms with Gasteiger partial charge < -0.3 is 5.32 Å². The van der Waals surface area contributed by atoms with Crippen LogP contribution >= 0.6 is 35.0 Å². The summed E-state index contributed by atoms with van der Waals surface area (Å²) in [5, 5.41) is 2.73. The zero-order valence-corrected chi connectivity index (χ0v) is 15.5. The topological polar surface area (TPSA) is 87.3 Å². The van der Waals surface area contributed by atoms with Crippen LogP contribution in [0.3, 0.4) is 0 Å². The van der Waals surface area contributed by atoms with Gasteiger partial charge in [0.15, 0.2) is 0 Å². The van der Waals surface area contributed by atoms with E-state index in [1.807, 2.05) is 18.2 Å². The van der Waals surface area contributed by atoms with Crippen molar-refractivity contribution in [3.8, 4) is 0 Å². The van der Waals surface area contributed by atoms with Gasteiger partial charge in [0.2, 0.25) is 11.8 Å². The van der Waals surface area contributed by atoms with E-state index >= 15 is 0 Å². The number of fused-ring (bicyclic) bond motifs is 1. The maximum absolute atomic E-state index is 12.1. The zero-order valence-electron chi connectivity index (χ0n) is 13.2. The molecule has 0 unspecified atom stereocenters. The Labute approximate surface area is 163 Å². The quantitative estimate of drug-likeness (QED) is 0.678. The van der Waals surface area contributed by atoms with Crippen LogP contribution in [-0.2, 0) is 9.59 Å². The molecule has 0 saturated heterocycles. The number of para-hydroxylation sites is 1. The van der Waals surface area contributed by atoms with E-state index in [9.17, 15) is 14.4 Å². The van der Waals surface area contributed by atoms with Crippen molar-refractivity contribution in [2.75, 3.05) is 5.32 Å². The molecule has 3 rings (SSSR count). The van der Waals surface area contributed by atoms with E-state index in [1.165, 1.54) is 23.9 Å². The molecule has 3 N–H and O–H groups in total. The van der Waals surface area contributed by atoms with Gasteiger partial charge in [0.05, 0.1) is 21.5 Å². The smallest absolute Gasteiger partial charge is 0.271 e. The number of carbonyl (C=O) groups is 3. The molecule has 1 aliphatic heterocycles. The Morgan fingerprint density at radius 2 is 1.88 bits per heavy atom. The second-order valence-electron chi connectivity index (χ2n) is 5.42. The summed E-state index contributed by atoms with van der Waals surface area (Å²) < 4.78 is 0. The molecule has 9 heteroatoms. The van der Waals surface area contributed by atoms with E-state index in [0.29, 0.717) is 5.02 Å². The van der Waals surface area contributed by atoms with Crippen molar-refractivity contribution in [3.63, 3.8) is 0 Å². The van der Waals surface area contributed by atoms with Crippen molar-refractivity contribution in [1.82, 2.24) is 10.9 Å². The fourth-order valence-corrected chi connectivity index (χ4v) is 3.80. The number of benzene rings is 2. The second-order valence-corrected chi connectivity index (χ2v) is 7.51. The molecule has 1 heterocycles. The molecular formula is C17H13Cl2N3O3S. The molecule has 1 aliphatic rings. The van der Waals surface area contributed by atoms with Crippen molar-refractivity contribution in [2.24, 2.45) is 0 Å². The fourth-order valence-electron chi connectivity index (χ4n) is 2.31. The highest BCUT2D eigenvalue weighted by Crippen LogP contribution is 2.36. The summed E-state index contributed by atoms with van der Waals surface area (Å²) in [7, 11) is 0. The second kappa shape index (κ2) is 7.99. The Hall–Kier alpha value is -2.22. The first-order valence-electron chi connectivity index (χ1n) is 7.55. The number of carbonyl (C=O) groups excluding carboxylic acids is 3. The lowest BCUT2D eigenvalue weighted by Crippen LogP contribution is -2.44. The minimum absolute atomic E-state index is 0.0889. The van der Waals surface area contributed by atoms with Crippen LogP contribution in [0.5, 0.6) is 0 Å². The van der Waals surface area contributed by atoms with E-state index in [1.54, 1.807) is 12.1 Å². The number of hydrogen-bond donors (Lipinski definition) is 3. The molecule has 134 valence electrons. The zero-order chi connectivity index (χ0) is 18.7. The minimum atomic E-state index is -0.600. The van der Waals surface area contributed by atoms with Crippen LogP contribution in [0, 0.1) is 0 Å². The number of hydrogen-bond acceptors (Lipinski definition) is 4. The number of halogens is 2. The van der Waals surface area contributed by atoms with Crippen molar-refractivity contribution >= 4 is 58.4 Å². The number of rotatable bonds is 3. The highest BCUT2D eigenvalue weighted by atomic mass is 35.5. The largest absolute Gasteiger partial charge is 0.324 e. The number of anilines is 1. The van der Waals surface area contributed by atoms with Gasteiger partial charge in [-0.2, -0.15) is 0 Å². The van der Waals surface area contributed by atoms with E-state index in [0.717, 1.165) is 10.6 Å². The Morgan fingerprint density at radius 3 is 2.69 bits per heavy atom. The standard InChI is InChI=1S/C17H13Cl2N3O3S/c18-9-5-6-11(19)10(7-9)16(24)22-21-15(23)8-14-17(25)20-12-3-1-2-4-13(12)26-14/h1-7,14H,8H2,(H,20,25)(H,21,23)(H,22,24)/t14-/m0/s1. The Morgan fingerprint density at radius 1 is 1.12 bits per heavy atom. The van der Waals surface area contributed by atoms with Crippen LogP contribution < -0.4 is 16.2 Å². The molecule has 0 spiro atoms. The Bertz CT molecular complexity index is 891. The molecule has 0 aliphatic carbocycles. The van der Waals surface area contributed by atoms with E-state index < -0.39 is 17.1 Å². The van der Waals surface area contributed by atoms with Gasteiger partial charge in [-0.15, -0.1) is 11.8 Å². The van der Waals surface area contributed by atoms with Crippen molar-refractivity contribution in [1.29, 1.82) is 0 Å². The van der Waals surface area contributed by atoms with Gasteiger partial charge in [-0.25, -0.2) is 0 Å². The molecule has 3 amide bonds. The molecular weight excluding hydrogens is 397 g/mol. The van der Waals surface area contributed by atoms with Crippen molar-refractivity contribution < 1.29 is 14.4 Å². The Balaban J connectivity index is 1.57. The number of nitrogens with one attached hydrogen (secondary N) is 3. The molecule has 26 heavy (non-hydrogen) atoms. The van der Waals surface area contributed by atoms with Gasteiger partial charge in [-0.3, -0.25) is 25.2 Å². The molecule has 0 saturated carbocycles. The lowest BCUT2D eigenvalue weighted by atomic mass is 10.2. The van der Waals surface area contributed by atoms with Crippen molar-refractivity contribution in [3.05, 3.63) is 58.1 Å². The number of hydrazine groups is 1. The molecule has 0 fully saturated rings.